The zero-order valence-corrected chi connectivity index (χ0v) is 17.0. The highest BCUT2D eigenvalue weighted by Gasteiger charge is 2.18. The average Bonchev–Trinajstić information content (AvgIpc) is 3.05. The maximum absolute atomic E-state index is 11.7. The van der Waals surface area contributed by atoms with Crippen molar-refractivity contribution in [3.8, 4) is 23.1 Å². The van der Waals surface area contributed by atoms with Gasteiger partial charge in [-0.05, 0) is 50.1 Å². The molecule has 0 bridgehead atoms. The Balaban J connectivity index is 2.00. The first-order valence-electron chi connectivity index (χ1n) is 9.86. The first kappa shape index (κ1) is 20.3. The molecule has 6 heteroatoms. The van der Waals surface area contributed by atoms with Crippen LogP contribution in [-0.2, 0) is 11.3 Å². The normalized spacial score (nSPS) is 10.6. The summed E-state index contributed by atoms with van der Waals surface area (Å²) in [5.74, 6) is 0.786. The molecule has 0 aliphatic rings. The smallest absolute Gasteiger partial charge is 0.411 e. The molecule has 0 saturated carbocycles. The summed E-state index contributed by atoms with van der Waals surface area (Å²) in [5.41, 5.74) is 4.01. The van der Waals surface area contributed by atoms with Gasteiger partial charge in [-0.25, -0.2) is 4.79 Å². The number of benzene rings is 2. The van der Waals surface area contributed by atoms with Gasteiger partial charge in [0.15, 0.2) is 0 Å². The Bertz CT molecular complexity index is 1050. The molecule has 0 unspecified atom stereocenters. The van der Waals surface area contributed by atoms with Gasteiger partial charge in [0.1, 0.15) is 11.8 Å². The molecule has 0 radical (unpaired) electrons. The lowest BCUT2D eigenvalue weighted by Crippen LogP contribution is -2.13. The number of ether oxygens (including phenoxy) is 2. The van der Waals surface area contributed by atoms with Crippen LogP contribution in [0.1, 0.15) is 32.8 Å². The summed E-state index contributed by atoms with van der Waals surface area (Å²) in [7, 11) is 0. The minimum Gasteiger partial charge on any atom is -0.494 e. The number of hydrogen-bond donors (Lipinski definition) is 1. The van der Waals surface area contributed by atoms with Gasteiger partial charge in [0.05, 0.1) is 30.0 Å². The molecule has 0 aliphatic carbocycles. The van der Waals surface area contributed by atoms with Crippen molar-refractivity contribution in [3.63, 3.8) is 0 Å². The number of nitriles is 1. The van der Waals surface area contributed by atoms with E-state index in [4.69, 9.17) is 9.47 Å². The Kier molecular flexibility index (Phi) is 6.40. The van der Waals surface area contributed by atoms with Gasteiger partial charge in [-0.2, -0.15) is 5.26 Å². The van der Waals surface area contributed by atoms with Crippen molar-refractivity contribution < 1.29 is 14.3 Å². The second-order valence-corrected chi connectivity index (χ2v) is 6.53. The van der Waals surface area contributed by atoms with Gasteiger partial charge in [0.25, 0.3) is 0 Å². The van der Waals surface area contributed by atoms with Crippen molar-refractivity contribution in [1.82, 2.24) is 4.57 Å². The van der Waals surface area contributed by atoms with Crippen LogP contribution in [0.15, 0.2) is 42.5 Å². The third-order valence-corrected chi connectivity index (χ3v) is 4.62. The van der Waals surface area contributed by atoms with Crippen LogP contribution >= 0.6 is 0 Å². The lowest BCUT2D eigenvalue weighted by atomic mass is 10.1. The van der Waals surface area contributed by atoms with Crippen molar-refractivity contribution in [1.29, 1.82) is 5.26 Å². The van der Waals surface area contributed by atoms with Gasteiger partial charge in [-0.15, -0.1) is 0 Å². The lowest BCUT2D eigenvalue weighted by molar-refractivity contribution is 0.161. The fraction of sp³-hybridized carbons (Fsp3) is 0.304. The molecule has 3 aromatic rings. The molecule has 29 heavy (non-hydrogen) atoms. The number of aromatic nitrogens is 1. The number of fused-ring (bicyclic) bond motifs is 1. The van der Waals surface area contributed by atoms with Gasteiger partial charge in [0.2, 0.25) is 0 Å². The van der Waals surface area contributed by atoms with Gasteiger partial charge < -0.3 is 14.0 Å². The Labute approximate surface area is 170 Å². The van der Waals surface area contributed by atoms with E-state index in [0.29, 0.717) is 31.0 Å². The summed E-state index contributed by atoms with van der Waals surface area (Å²) < 4.78 is 12.8. The molecule has 3 rings (SSSR count). The van der Waals surface area contributed by atoms with E-state index >= 15 is 0 Å². The van der Waals surface area contributed by atoms with E-state index in [1.807, 2.05) is 56.3 Å². The van der Waals surface area contributed by atoms with Crippen molar-refractivity contribution in [3.05, 3.63) is 48.0 Å². The Hall–Kier alpha value is -3.46. The van der Waals surface area contributed by atoms with E-state index in [2.05, 4.69) is 22.9 Å². The standard InChI is InChI=1S/C23H25N3O3/c1-4-13-29-23(27)25-17-9-7-16(8-10-17)22-20(15-24)19-12-11-18(28-6-3)14-21(19)26(22)5-2/h7-12,14H,4-6,13H2,1-3H3,(H,25,27). The molecule has 150 valence electrons. The Morgan fingerprint density at radius 2 is 1.90 bits per heavy atom. The van der Waals surface area contributed by atoms with Gasteiger partial charge in [0, 0.05) is 23.7 Å². The van der Waals surface area contributed by atoms with Crippen LogP contribution in [0.2, 0.25) is 0 Å². The molecule has 1 amide bonds. The average molecular weight is 391 g/mol. The maximum atomic E-state index is 11.7. The Morgan fingerprint density at radius 3 is 2.52 bits per heavy atom. The highest BCUT2D eigenvalue weighted by atomic mass is 16.5. The van der Waals surface area contributed by atoms with Crippen molar-refractivity contribution >= 4 is 22.7 Å². The van der Waals surface area contributed by atoms with Crippen LogP contribution in [0.5, 0.6) is 5.75 Å². The number of hydrogen-bond acceptors (Lipinski definition) is 4. The van der Waals surface area contributed by atoms with Crippen molar-refractivity contribution in [2.45, 2.75) is 33.7 Å². The molecule has 0 fully saturated rings. The third-order valence-electron chi connectivity index (χ3n) is 4.62. The van der Waals surface area contributed by atoms with E-state index in [-0.39, 0.29) is 0 Å². The van der Waals surface area contributed by atoms with E-state index in [1.165, 1.54) is 0 Å². The summed E-state index contributed by atoms with van der Waals surface area (Å²) in [6, 6.07) is 15.6. The number of aryl methyl sites for hydroxylation is 1. The molecule has 0 spiro atoms. The minimum absolute atomic E-state index is 0.385. The second kappa shape index (κ2) is 9.16. The predicted molar refractivity (Wildman–Crippen MR) is 114 cm³/mol. The second-order valence-electron chi connectivity index (χ2n) is 6.53. The summed E-state index contributed by atoms with van der Waals surface area (Å²) in [5, 5.41) is 13.5. The number of anilines is 1. The number of amides is 1. The minimum atomic E-state index is -0.469. The zero-order valence-electron chi connectivity index (χ0n) is 17.0. The fourth-order valence-electron chi connectivity index (χ4n) is 3.39. The molecular formula is C23H25N3O3. The molecule has 6 nitrogen and oxygen atoms in total. The van der Waals surface area contributed by atoms with Crippen LogP contribution in [0, 0.1) is 11.3 Å². The molecule has 0 saturated heterocycles. The molecule has 1 heterocycles. The van der Waals surface area contributed by atoms with Gasteiger partial charge >= 0.3 is 6.09 Å². The van der Waals surface area contributed by atoms with E-state index < -0.39 is 6.09 Å². The zero-order chi connectivity index (χ0) is 20.8. The number of carbonyl (C=O) groups is 1. The van der Waals surface area contributed by atoms with Crippen LogP contribution < -0.4 is 10.1 Å². The van der Waals surface area contributed by atoms with E-state index in [1.54, 1.807) is 0 Å². The lowest BCUT2D eigenvalue weighted by Gasteiger charge is -2.11. The Morgan fingerprint density at radius 1 is 1.14 bits per heavy atom. The molecule has 2 aromatic carbocycles. The maximum Gasteiger partial charge on any atom is 0.411 e. The molecule has 0 aliphatic heterocycles. The topological polar surface area (TPSA) is 76.3 Å². The molecule has 1 aromatic heterocycles. The molecule has 1 N–H and O–H groups in total. The van der Waals surface area contributed by atoms with Crippen LogP contribution in [0.3, 0.4) is 0 Å². The monoisotopic (exact) mass is 391 g/mol. The molecule has 0 atom stereocenters. The predicted octanol–water partition coefficient (Wildman–Crippen LogP) is 5.56. The largest absolute Gasteiger partial charge is 0.494 e. The van der Waals surface area contributed by atoms with Gasteiger partial charge in [-0.1, -0.05) is 19.1 Å². The summed E-state index contributed by atoms with van der Waals surface area (Å²) in [4.78, 5) is 11.7. The number of nitrogens with one attached hydrogen (secondary N) is 1. The van der Waals surface area contributed by atoms with Crippen molar-refractivity contribution in [2.75, 3.05) is 18.5 Å². The highest BCUT2D eigenvalue weighted by molar-refractivity contribution is 5.95. The van der Waals surface area contributed by atoms with E-state index in [9.17, 15) is 10.1 Å². The first-order valence-corrected chi connectivity index (χ1v) is 9.86. The van der Waals surface area contributed by atoms with Crippen LogP contribution in [-0.4, -0.2) is 23.9 Å². The first-order chi connectivity index (χ1) is 14.1. The summed E-state index contributed by atoms with van der Waals surface area (Å²) >= 11 is 0. The van der Waals surface area contributed by atoms with Gasteiger partial charge in [-0.3, -0.25) is 5.32 Å². The summed E-state index contributed by atoms with van der Waals surface area (Å²) in [6.07, 6.45) is 0.305. The number of nitrogens with zero attached hydrogens (tertiary/aromatic N) is 2. The van der Waals surface area contributed by atoms with Crippen molar-refractivity contribution in [2.24, 2.45) is 0 Å². The SMILES string of the molecule is CCCOC(=O)Nc1ccc(-c2c(C#N)c3ccc(OCC)cc3n2CC)cc1. The quantitative estimate of drug-likeness (QED) is 0.572. The number of rotatable bonds is 7. The molecular weight excluding hydrogens is 366 g/mol. The van der Waals surface area contributed by atoms with E-state index in [0.717, 1.165) is 34.3 Å². The van der Waals surface area contributed by atoms with Crippen LogP contribution in [0.25, 0.3) is 22.2 Å². The summed E-state index contributed by atoms with van der Waals surface area (Å²) in [6.45, 7) is 7.63. The third kappa shape index (κ3) is 4.19. The highest BCUT2D eigenvalue weighted by Crippen LogP contribution is 2.35. The fourth-order valence-corrected chi connectivity index (χ4v) is 3.39. The number of carbonyl (C=O) groups excluding carboxylic acids is 1. The van der Waals surface area contributed by atoms with Crippen LogP contribution in [0.4, 0.5) is 10.5 Å².